The average molecular weight is 356 g/mol. The minimum atomic E-state index is -1.03. The summed E-state index contributed by atoms with van der Waals surface area (Å²) >= 11 is 9.53. The van der Waals surface area contributed by atoms with Gasteiger partial charge in [0.25, 0.3) is 0 Å². The first kappa shape index (κ1) is 14.8. The minimum absolute atomic E-state index is 0.110. The molecule has 0 aliphatic heterocycles. The maximum atomic E-state index is 11.2. The number of pyridine rings is 1. The highest BCUT2D eigenvalue weighted by Crippen LogP contribution is 2.32. The van der Waals surface area contributed by atoms with E-state index in [1.165, 1.54) is 6.20 Å². The number of nitrogens with one attached hydrogen (secondary N) is 1. The number of carboxylic acid groups (broad SMARTS) is 1. The number of carboxylic acids is 1. The van der Waals surface area contributed by atoms with Gasteiger partial charge in [-0.05, 0) is 53.5 Å². The number of aryl methyl sites for hydroxylation is 2. The van der Waals surface area contributed by atoms with Crippen LogP contribution in [0.15, 0.2) is 28.9 Å². The molecule has 0 spiro atoms. The van der Waals surface area contributed by atoms with E-state index < -0.39 is 5.97 Å². The zero-order valence-electron chi connectivity index (χ0n) is 10.9. The number of aromatic nitrogens is 1. The Hall–Kier alpha value is -1.59. The Bertz CT molecular complexity index is 689. The lowest BCUT2D eigenvalue weighted by molar-refractivity contribution is 0.0697. The van der Waals surface area contributed by atoms with E-state index in [4.69, 9.17) is 11.6 Å². The van der Waals surface area contributed by atoms with Gasteiger partial charge >= 0.3 is 5.97 Å². The average Bonchev–Trinajstić information content (AvgIpc) is 2.35. The first-order valence-electron chi connectivity index (χ1n) is 5.81. The van der Waals surface area contributed by atoms with Crippen LogP contribution >= 0.6 is 27.5 Å². The molecule has 0 unspecified atom stereocenters. The number of aromatic carboxylic acids is 1. The molecule has 0 saturated heterocycles. The van der Waals surface area contributed by atoms with Crippen molar-refractivity contribution in [3.05, 3.63) is 50.7 Å². The number of carbonyl (C=O) groups is 1. The maximum Gasteiger partial charge on any atom is 0.339 e. The van der Waals surface area contributed by atoms with E-state index in [0.717, 1.165) is 15.7 Å². The molecule has 1 aromatic heterocycles. The Morgan fingerprint density at radius 1 is 1.30 bits per heavy atom. The van der Waals surface area contributed by atoms with Gasteiger partial charge < -0.3 is 10.4 Å². The van der Waals surface area contributed by atoms with Crippen LogP contribution in [0, 0.1) is 13.8 Å². The molecule has 0 amide bonds. The van der Waals surface area contributed by atoms with Gasteiger partial charge in [-0.2, -0.15) is 0 Å². The predicted octanol–water partition coefficient (Wildman–Crippen LogP) is 4.56. The van der Waals surface area contributed by atoms with E-state index in [1.807, 2.05) is 13.0 Å². The van der Waals surface area contributed by atoms with Crippen LogP contribution in [0.2, 0.25) is 5.02 Å². The number of benzene rings is 1. The number of rotatable bonds is 3. The monoisotopic (exact) mass is 354 g/mol. The van der Waals surface area contributed by atoms with Crippen molar-refractivity contribution in [2.75, 3.05) is 5.32 Å². The Kier molecular flexibility index (Phi) is 4.30. The van der Waals surface area contributed by atoms with Crippen LogP contribution in [-0.2, 0) is 0 Å². The summed E-state index contributed by atoms with van der Waals surface area (Å²) in [6.07, 6.45) is 1.34. The number of halogens is 2. The Labute approximate surface area is 129 Å². The lowest BCUT2D eigenvalue weighted by Gasteiger charge is -2.13. The summed E-state index contributed by atoms with van der Waals surface area (Å²) in [5, 5.41) is 12.9. The Morgan fingerprint density at radius 2 is 2.00 bits per heavy atom. The lowest BCUT2D eigenvalue weighted by Crippen LogP contribution is -2.04. The third kappa shape index (κ3) is 3.11. The summed E-state index contributed by atoms with van der Waals surface area (Å²) in [4.78, 5) is 15.2. The van der Waals surface area contributed by atoms with Crippen LogP contribution in [-0.4, -0.2) is 16.1 Å². The Balaban J connectivity index is 2.47. The molecule has 20 heavy (non-hydrogen) atoms. The van der Waals surface area contributed by atoms with Crippen LogP contribution in [0.1, 0.15) is 21.6 Å². The fourth-order valence-corrected chi connectivity index (χ4v) is 2.44. The largest absolute Gasteiger partial charge is 0.478 e. The van der Waals surface area contributed by atoms with Gasteiger partial charge in [0.05, 0.1) is 11.4 Å². The van der Waals surface area contributed by atoms with Gasteiger partial charge in [-0.15, -0.1) is 0 Å². The molecular formula is C14H12BrClN2O2. The zero-order valence-corrected chi connectivity index (χ0v) is 13.2. The first-order chi connectivity index (χ1) is 9.38. The van der Waals surface area contributed by atoms with Crippen LogP contribution < -0.4 is 5.32 Å². The molecule has 1 heterocycles. The summed E-state index contributed by atoms with van der Waals surface area (Å²) in [7, 11) is 0. The molecule has 0 aliphatic rings. The summed E-state index contributed by atoms with van der Waals surface area (Å²) in [5.41, 5.74) is 2.96. The number of hydrogen-bond donors (Lipinski definition) is 2. The topological polar surface area (TPSA) is 62.2 Å². The minimum Gasteiger partial charge on any atom is -0.478 e. The first-order valence-corrected chi connectivity index (χ1v) is 6.98. The van der Waals surface area contributed by atoms with Crippen molar-refractivity contribution < 1.29 is 9.90 Å². The van der Waals surface area contributed by atoms with Crippen LogP contribution in [0.5, 0.6) is 0 Å². The fraction of sp³-hybridized carbons (Fsp3) is 0.143. The Morgan fingerprint density at radius 3 is 2.65 bits per heavy atom. The van der Waals surface area contributed by atoms with Crippen molar-refractivity contribution in [3.8, 4) is 0 Å². The highest BCUT2D eigenvalue weighted by Gasteiger charge is 2.13. The molecule has 2 aromatic rings. The number of hydrogen-bond acceptors (Lipinski definition) is 3. The molecule has 0 radical (unpaired) electrons. The summed E-state index contributed by atoms with van der Waals surface area (Å²) in [5.74, 6) is -1.03. The summed E-state index contributed by atoms with van der Waals surface area (Å²) in [6.45, 7) is 3.70. The second-order valence-electron chi connectivity index (χ2n) is 4.38. The molecule has 2 N–H and O–H groups in total. The van der Waals surface area contributed by atoms with Gasteiger partial charge in [0.1, 0.15) is 5.56 Å². The van der Waals surface area contributed by atoms with Crippen LogP contribution in [0.3, 0.4) is 0 Å². The van der Waals surface area contributed by atoms with Crippen LogP contribution in [0.25, 0.3) is 0 Å². The molecule has 6 heteroatoms. The molecule has 0 fully saturated rings. The quantitative estimate of drug-likeness (QED) is 0.847. The normalized spacial score (nSPS) is 10.4. The molecule has 104 valence electrons. The smallest absolute Gasteiger partial charge is 0.339 e. The van der Waals surface area contributed by atoms with Crippen molar-refractivity contribution in [2.45, 2.75) is 13.8 Å². The van der Waals surface area contributed by atoms with E-state index in [-0.39, 0.29) is 5.56 Å². The van der Waals surface area contributed by atoms with Gasteiger partial charge in [-0.25, -0.2) is 4.79 Å². The molecule has 1 aromatic carbocycles. The summed E-state index contributed by atoms with van der Waals surface area (Å²) < 4.78 is 0.810. The molecule has 4 nitrogen and oxygen atoms in total. The lowest BCUT2D eigenvalue weighted by atomic mass is 10.2. The van der Waals surface area contributed by atoms with Crippen molar-refractivity contribution in [2.24, 2.45) is 0 Å². The standard InChI is InChI=1S/C14H12BrClN2O2/c1-7-3-10(15)13(5-11(7)16)18-12-4-8(2)17-6-9(12)14(19)20/h3-6H,1-2H3,(H,17,18)(H,19,20). The number of nitrogens with zero attached hydrogens (tertiary/aromatic N) is 1. The second-order valence-corrected chi connectivity index (χ2v) is 5.64. The van der Waals surface area contributed by atoms with E-state index in [2.05, 4.69) is 26.2 Å². The molecule has 0 bridgehead atoms. The SMILES string of the molecule is Cc1cc(Nc2cc(Cl)c(C)cc2Br)c(C(=O)O)cn1. The van der Waals surface area contributed by atoms with E-state index in [1.54, 1.807) is 19.1 Å². The van der Waals surface area contributed by atoms with E-state index in [0.29, 0.717) is 16.4 Å². The molecule has 2 rings (SSSR count). The van der Waals surface area contributed by atoms with Crippen molar-refractivity contribution >= 4 is 44.9 Å². The third-order valence-electron chi connectivity index (χ3n) is 2.79. The van der Waals surface area contributed by atoms with Gasteiger partial charge in [0.15, 0.2) is 0 Å². The highest BCUT2D eigenvalue weighted by molar-refractivity contribution is 9.10. The van der Waals surface area contributed by atoms with Crippen LogP contribution in [0.4, 0.5) is 11.4 Å². The van der Waals surface area contributed by atoms with E-state index in [9.17, 15) is 9.90 Å². The maximum absolute atomic E-state index is 11.2. The molecular weight excluding hydrogens is 344 g/mol. The second kappa shape index (κ2) is 5.81. The fourth-order valence-electron chi connectivity index (χ4n) is 1.72. The highest BCUT2D eigenvalue weighted by atomic mass is 79.9. The predicted molar refractivity (Wildman–Crippen MR) is 83.1 cm³/mol. The van der Waals surface area contributed by atoms with Gasteiger partial charge in [-0.1, -0.05) is 11.6 Å². The van der Waals surface area contributed by atoms with Crippen molar-refractivity contribution in [1.29, 1.82) is 0 Å². The third-order valence-corrected chi connectivity index (χ3v) is 3.85. The van der Waals surface area contributed by atoms with Crippen molar-refractivity contribution in [1.82, 2.24) is 4.98 Å². The molecule has 0 atom stereocenters. The summed E-state index contributed by atoms with van der Waals surface area (Å²) in [6, 6.07) is 5.31. The molecule has 0 saturated carbocycles. The van der Waals surface area contributed by atoms with Crippen molar-refractivity contribution in [3.63, 3.8) is 0 Å². The van der Waals surface area contributed by atoms with Gasteiger partial charge in [-0.3, -0.25) is 4.98 Å². The number of anilines is 2. The van der Waals surface area contributed by atoms with E-state index >= 15 is 0 Å². The van der Waals surface area contributed by atoms with Gasteiger partial charge in [0.2, 0.25) is 0 Å². The van der Waals surface area contributed by atoms with Gasteiger partial charge in [0, 0.05) is 21.4 Å². The zero-order chi connectivity index (χ0) is 14.9. The molecule has 0 aliphatic carbocycles.